The highest BCUT2D eigenvalue weighted by molar-refractivity contribution is 4.87. The van der Waals surface area contributed by atoms with E-state index in [9.17, 15) is 0 Å². The first kappa shape index (κ1) is 18.5. The molecule has 0 spiro atoms. The lowest BCUT2D eigenvalue weighted by atomic mass is 9.76. The molecular weight excluding hydrogens is 282 g/mol. The SMILES string of the molecule is CC/C=C\COCC1CCC(CC[C@H]2CC[C@H](C#N)CC2)CC1. The molecule has 0 aromatic heterocycles. The van der Waals surface area contributed by atoms with Gasteiger partial charge in [-0.2, -0.15) is 5.26 Å². The van der Waals surface area contributed by atoms with Gasteiger partial charge in [0, 0.05) is 12.5 Å². The zero-order valence-corrected chi connectivity index (χ0v) is 15.0. The third kappa shape index (κ3) is 7.08. The van der Waals surface area contributed by atoms with Crippen LogP contribution in [-0.4, -0.2) is 13.2 Å². The van der Waals surface area contributed by atoms with Crippen molar-refractivity contribution < 1.29 is 4.74 Å². The van der Waals surface area contributed by atoms with Crippen LogP contribution in [0.25, 0.3) is 0 Å². The number of rotatable bonds is 8. The summed E-state index contributed by atoms with van der Waals surface area (Å²) in [6.45, 7) is 3.91. The molecule has 2 aliphatic rings. The Kier molecular flexibility index (Phi) is 8.76. The Morgan fingerprint density at radius 3 is 2.00 bits per heavy atom. The predicted octanol–water partition coefficient (Wildman–Crippen LogP) is 5.89. The van der Waals surface area contributed by atoms with Gasteiger partial charge >= 0.3 is 0 Å². The quantitative estimate of drug-likeness (QED) is 0.413. The highest BCUT2D eigenvalue weighted by atomic mass is 16.5. The molecule has 2 nitrogen and oxygen atoms in total. The van der Waals surface area contributed by atoms with Crippen molar-refractivity contribution in [3.63, 3.8) is 0 Å². The Morgan fingerprint density at radius 1 is 0.870 bits per heavy atom. The number of ether oxygens (including phenoxy) is 1. The van der Waals surface area contributed by atoms with Crippen LogP contribution in [-0.2, 0) is 4.74 Å². The number of hydrogen-bond acceptors (Lipinski definition) is 2. The maximum Gasteiger partial charge on any atom is 0.0655 e. The van der Waals surface area contributed by atoms with Crippen LogP contribution < -0.4 is 0 Å². The minimum atomic E-state index is 0.355. The maximum atomic E-state index is 8.98. The Hall–Kier alpha value is -0.810. The van der Waals surface area contributed by atoms with Crippen molar-refractivity contribution in [2.45, 2.75) is 77.6 Å². The van der Waals surface area contributed by atoms with E-state index < -0.39 is 0 Å². The van der Waals surface area contributed by atoms with Gasteiger partial charge in [0.1, 0.15) is 0 Å². The highest BCUT2D eigenvalue weighted by Gasteiger charge is 2.24. The third-order valence-corrected chi connectivity index (χ3v) is 5.95. The monoisotopic (exact) mass is 317 g/mol. The van der Waals surface area contributed by atoms with Crippen LogP contribution in [0.3, 0.4) is 0 Å². The second-order valence-electron chi connectivity index (χ2n) is 7.73. The number of hydrogen-bond donors (Lipinski definition) is 0. The molecule has 2 saturated carbocycles. The molecule has 0 aliphatic heterocycles. The van der Waals surface area contributed by atoms with E-state index in [1.54, 1.807) is 0 Å². The summed E-state index contributed by atoms with van der Waals surface area (Å²) < 4.78 is 5.77. The molecule has 0 heterocycles. The number of nitrogens with zero attached hydrogens (tertiary/aromatic N) is 1. The van der Waals surface area contributed by atoms with Gasteiger partial charge in [-0.1, -0.05) is 44.8 Å². The molecule has 0 bridgehead atoms. The van der Waals surface area contributed by atoms with Gasteiger partial charge in [0.25, 0.3) is 0 Å². The first-order chi connectivity index (χ1) is 11.3. The highest BCUT2D eigenvalue weighted by Crippen LogP contribution is 2.36. The van der Waals surface area contributed by atoms with Crippen LogP contribution in [0.4, 0.5) is 0 Å². The van der Waals surface area contributed by atoms with Gasteiger partial charge in [-0.3, -0.25) is 0 Å². The Bertz CT molecular complexity index is 368. The zero-order chi connectivity index (χ0) is 16.3. The van der Waals surface area contributed by atoms with Crippen molar-refractivity contribution in [2.24, 2.45) is 23.7 Å². The lowest BCUT2D eigenvalue weighted by molar-refractivity contribution is 0.0935. The van der Waals surface area contributed by atoms with E-state index in [0.717, 1.165) is 50.2 Å². The molecule has 0 N–H and O–H groups in total. The van der Waals surface area contributed by atoms with Crippen LogP contribution in [0.2, 0.25) is 0 Å². The summed E-state index contributed by atoms with van der Waals surface area (Å²) in [7, 11) is 0. The van der Waals surface area contributed by atoms with Crippen LogP contribution in [0.15, 0.2) is 12.2 Å². The summed E-state index contributed by atoms with van der Waals surface area (Å²) in [5, 5.41) is 8.98. The topological polar surface area (TPSA) is 33.0 Å². The van der Waals surface area contributed by atoms with E-state index >= 15 is 0 Å². The second-order valence-corrected chi connectivity index (χ2v) is 7.73. The minimum absolute atomic E-state index is 0.355. The molecule has 0 unspecified atom stereocenters. The number of allylic oxidation sites excluding steroid dienone is 1. The predicted molar refractivity (Wildman–Crippen MR) is 96.0 cm³/mol. The van der Waals surface area contributed by atoms with Gasteiger partial charge in [0.15, 0.2) is 0 Å². The molecule has 0 saturated heterocycles. The van der Waals surface area contributed by atoms with Gasteiger partial charge < -0.3 is 4.74 Å². The smallest absolute Gasteiger partial charge is 0.0655 e. The van der Waals surface area contributed by atoms with Crippen LogP contribution in [0.1, 0.15) is 77.6 Å². The third-order valence-electron chi connectivity index (χ3n) is 5.95. The van der Waals surface area contributed by atoms with Crippen molar-refractivity contribution in [1.82, 2.24) is 0 Å². The average Bonchev–Trinajstić information content (AvgIpc) is 2.61. The van der Waals surface area contributed by atoms with Gasteiger partial charge in [-0.25, -0.2) is 0 Å². The van der Waals surface area contributed by atoms with Gasteiger partial charge in [0.05, 0.1) is 12.7 Å². The standard InChI is InChI=1S/C21H35NO/c1-2-3-4-15-23-17-21-13-9-19(10-14-21)6-5-18-7-11-20(16-22)12-8-18/h3-4,18-21H,2,5-15,17H2,1H3/b4-3-/t18-,19?,20-,21?. The summed E-state index contributed by atoms with van der Waals surface area (Å²) in [6, 6.07) is 2.45. The van der Waals surface area contributed by atoms with Crippen LogP contribution >= 0.6 is 0 Å². The first-order valence-corrected chi connectivity index (χ1v) is 9.94. The van der Waals surface area contributed by atoms with Crippen LogP contribution in [0.5, 0.6) is 0 Å². The van der Waals surface area contributed by atoms with E-state index in [-0.39, 0.29) is 0 Å². The fourth-order valence-electron chi connectivity index (χ4n) is 4.28. The van der Waals surface area contributed by atoms with E-state index in [1.165, 1.54) is 51.4 Å². The molecule has 2 rings (SSSR count). The first-order valence-electron chi connectivity index (χ1n) is 9.94. The molecule has 130 valence electrons. The number of nitriles is 1. The normalized spacial score (nSPS) is 32.0. The van der Waals surface area contributed by atoms with Crippen molar-refractivity contribution in [3.05, 3.63) is 12.2 Å². The second kappa shape index (κ2) is 10.9. The molecule has 0 aromatic rings. The Morgan fingerprint density at radius 2 is 1.43 bits per heavy atom. The van der Waals surface area contributed by atoms with Gasteiger partial charge in [-0.05, 0) is 62.7 Å². The summed E-state index contributed by atoms with van der Waals surface area (Å²) in [4.78, 5) is 0. The van der Waals surface area contributed by atoms with Crippen molar-refractivity contribution in [3.8, 4) is 6.07 Å². The fraction of sp³-hybridized carbons (Fsp3) is 0.857. The lowest BCUT2D eigenvalue weighted by Crippen LogP contribution is -2.20. The zero-order valence-electron chi connectivity index (χ0n) is 15.0. The Labute approximate surface area is 143 Å². The van der Waals surface area contributed by atoms with Crippen LogP contribution in [0, 0.1) is 35.0 Å². The summed E-state index contributed by atoms with van der Waals surface area (Å²) in [6.07, 6.45) is 18.7. The molecule has 2 fully saturated rings. The average molecular weight is 318 g/mol. The minimum Gasteiger partial charge on any atom is -0.377 e. The maximum absolute atomic E-state index is 8.98. The van der Waals surface area contributed by atoms with Gasteiger partial charge in [-0.15, -0.1) is 0 Å². The summed E-state index contributed by atoms with van der Waals surface area (Å²) in [5.74, 6) is 3.02. The molecule has 0 amide bonds. The summed E-state index contributed by atoms with van der Waals surface area (Å²) in [5.41, 5.74) is 0. The molecule has 2 heteroatoms. The summed E-state index contributed by atoms with van der Waals surface area (Å²) >= 11 is 0. The van der Waals surface area contributed by atoms with E-state index in [2.05, 4.69) is 25.1 Å². The fourth-order valence-corrected chi connectivity index (χ4v) is 4.28. The Balaban J connectivity index is 1.51. The van der Waals surface area contributed by atoms with Crippen molar-refractivity contribution in [1.29, 1.82) is 5.26 Å². The van der Waals surface area contributed by atoms with E-state index in [0.29, 0.717) is 5.92 Å². The van der Waals surface area contributed by atoms with E-state index in [1.807, 2.05) is 0 Å². The van der Waals surface area contributed by atoms with Gasteiger partial charge in [0.2, 0.25) is 0 Å². The molecule has 0 radical (unpaired) electrons. The molecule has 0 aromatic carbocycles. The molecular formula is C21H35NO. The molecule has 0 atom stereocenters. The van der Waals surface area contributed by atoms with Crippen molar-refractivity contribution in [2.75, 3.05) is 13.2 Å². The van der Waals surface area contributed by atoms with E-state index in [4.69, 9.17) is 10.00 Å². The molecule has 2 aliphatic carbocycles. The molecule has 23 heavy (non-hydrogen) atoms. The lowest BCUT2D eigenvalue weighted by Gasteiger charge is -2.30. The largest absolute Gasteiger partial charge is 0.377 e. The van der Waals surface area contributed by atoms with Crippen molar-refractivity contribution >= 4 is 0 Å².